The lowest BCUT2D eigenvalue weighted by Gasteiger charge is -2.21. The van der Waals surface area contributed by atoms with Crippen LogP contribution in [0.2, 0.25) is 0 Å². The summed E-state index contributed by atoms with van der Waals surface area (Å²) in [6, 6.07) is 0. The summed E-state index contributed by atoms with van der Waals surface area (Å²) in [7, 11) is -9.91. The molecule has 0 saturated heterocycles. The summed E-state index contributed by atoms with van der Waals surface area (Å²) in [4.78, 5) is 72.4. The van der Waals surface area contributed by atoms with E-state index in [1.54, 1.807) is 0 Å². The molecule has 524 valence electrons. The van der Waals surface area contributed by atoms with Crippen LogP contribution in [0.4, 0.5) is 0 Å². The minimum atomic E-state index is -4.96. The zero-order chi connectivity index (χ0) is 65.6. The summed E-state index contributed by atoms with van der Waals surface area (Å²) in [6.07, 6.45) is 52.1. The number of hydrogen-bond acceptors (Lipinski definition) is 15. The zero-order valence-electron chi connectivity index (χ0n) is 57.0. The predicted octanol–water partition coefficient (Wildman–Crippen LogP) is 19.7. The highest BCUT2D eigenvalue weighted by molar-refractivity contribution is 7.47. The van der Waals surface area contributed by atoms with Gasteiger partial charge in [-0.05, 0) is 57.3 Å². The van der Waals surface area contributed by atoms with Crippen molar-refractivity contribution in [3.63, 3.8) is 0 Å². The molecule has 0 aromatic carbocycles. The van der Waals surface area contributed by atoms with Gasteiger partial charge < -0.3 is 33.8 Å². The topological polar surface area (TPSA) is 237 Å². The Bertz CT molecular complexity index is 1810. The number of allylic oxidation sites excluding steroid dienone is 4. The van der Waals surface area contributed by atoms with E-state index in [2.05, 4.69) is 58.9 Å². The SMILES string of the molecule is CCCCCC/C=C\C=C/CCCCCCCC(=O)O[C@H](COC(=O)CCCCCCCCCCCCCCCC)COP(=O)(O)OC[C@@H](O)COP(=O)(O)OC[C@@H](COC(=O)CCCCCCCCCC)OC(=O)CCCCCCCCCCC(C)CC. The maximum atomic E-state index is 13.0. The fourth-order valence-corrected chi connectivity index (χ4v) is 11.6. The van der Waals surface area contributed by atoms with Crippen LogP contribution in [0, 0.1) is 5.92 Å². The molecule has 0 aromatic heterocycles. The lowest BCUT2D eigenvalue weighted by Crippen LogP contribution is -2.30. The van der Waals surface area contributed by atoms with Gasteiger partial charge in [-0.2, -0.15) is 0 Å². The van der Waals surface area contributed by atoms with Crippen molar-refractivity contribution in [1.82, 2.24) is 0 Å². The van der Waals surface area contributed by atoms with E-state index in [1.165, 1.54) is 141 Å². The lowest BCUT2D eigenvalue weighted by atomic mass is 9.99. The molecule has 0 amide bonds. The van der Waals surface area contributed by atoms with Gasteiger partial charge in [-0.15, -0.1) is 0 Å². The molecule has 19 heteroatoms. The third kappa shape index (κ3) is 62.7. The summed E-state index contributed by atoms with van der Waals surface area (Å²) >= 11 is 0. The van der Waals surface area contributed by atoms with E-state index >= 15 is 0 Å². The van der Waals surface area contributed by atoms with Crippen molar-refractivity contribution in [2.24, 2.45) is 5.92 Å². The van der Waals surface area contributed by atoms with Gasteiger partial charge in [0.05, 0.1) is 26.4 Å². The molecule has 3 unspecified atom stereocenters. The molecule has 0 aromatic rings. The lowest BCUT2D eigenvalue weighted by molar-refractivity contribution is -0.161. The molecule has 0 heterocycles. The van der Waals surface area contributed by atoms with E-state index in [4.69, 9.17) is 37.0 Å². The number of hydrogen-bond donors (Lipinski definition) is 3. The molecule has 0 radical (unpaired) electrons. The van der Waals surface area contributed by atoms with Crippen molar-refractivity contribution in [2.75, 3.05) is 39.6 Å². The van der Waals surface area contributed by atoms with Gasteiger partial charge in [-0.25, -0.2) is 9.13 Å². The van der Waals surface area contributed by atoms with E-state index in [0.29, 0.717) is 25.7 Å². The van der Waals surface area contributed by atoms with Crippen LogP contribution in [0.1, 0.15) is 336 Å². The van der Waals surface area contributed by atoms with E-state index < -0.39 is 97.5 Å². The molecule has 0 spiro atoms. The molecule has 0 rings (SSSR count). The number of phosphoric ester groups is 2. The Morgan fingerprint density at radius 3 is 0.955 bits per heavy atom. The third-order valence-corrected chi connectivity index (χ3v) is 17.9. The monoisotopic (exact) mass is 1310 g/mol. The number of aliphatic hydroxyl groups excluding tert-OH is 1. The molecule has 17 nitrogen and oxygen atoms in total. The Morgan fingerprint density at radius 1 is 0.360 bits per heavy atom. The maximum absolute atomic E-state index is 13.0. The standard InChI is InChI=1S/C70H132O17P2/c1-6-10-13-16-19-22-24-26-28-30-32-34-40-45-50-55-69(74)86-66(60-81-68(73)54-49-44-39-33-31-29-27-25-23-20-17-14-11-7-2)62-85-89(78,79)83-58-64(71)57-82-88(76,77)84-61-65(59-80-67(72)53-48-43-38-21-18-15-12-8-3)87-70(75)56-51-46-41-36-35-37-42-47-52-63(5)9-4/h22,24,26,28,63-66,71H,6-21,23,25,27,29-62H2,1-5H3,(H,76,77)(H,78,79)/b24-22-,28-26-/t63?,64-,65+,66+/m0/s1. The highest BCUT2D eigenvalue weighted by atomic mass is 31.2. The average Bonchev–Trinajstić information content (AvgIpc) is 3.72. The minimum absolute atomic E-state index is 0.0854. The number of aliphatic hydroxyl groups is 1. The fourth-order valence-electron chi connectivity index (χ4n) is 10.1. The van der Waals surface area contributed by atoms with Crippen molar-refractivity contribution < 1.29 is 80.2 Å². The second-order valence-electron chi connectivity index (χ2n) is 24.8. The van der Waals surface area contributed by atoms with Gasteiger partial charge in [0.1, 0.15) is 19.3 Å². The number of esters is 4. The van der Waals surface area contributed by atoms with E-state index in [1.807, 2.05) is 0 Å². The second kappa shape index (κ2) is 63.0. The van der Waals surface area contributed by atoms with Gasteiger partial charge in [0.2, 0.25) is 0 Å². The summed E-state index contributed by atoms with van der Waals surface area (Å²) in [5.41, 5.74) is 0. The molecule has 0 aliphatic rings. The Kier molecular flexibility index (Phi) is 61.2. The molecular weight excluding hydrogens is 1170 g/mol. The first-order chi connectivity index (χ1) is 43.1. The second-order valence-corrected chi connectivity index (χ2v) is 27.7. The van der Waals surface area contributed by atoms with Gasteiger partial charge in [0, 0.05) is 25.7 Å². The molecule has 0 bridgehead atoms. The van der Waals surface area contributed by atoms with Crippen molar-refractivity contribution in [2.45, 2.75) is 355 Å². The highest BCUT2D eigenvalue weighted by Gasteiger charge is 2.30. The van der Waals surface area contributed by atoms with Crippen molar-refractivity contribution in [1.29, 1.82) is 0 Å². The van der Waals surface area contributed by atoms with Crippen LogP contribution in [0.5, 0.6) is 0 Å². The summed E-state index contributed by atoms with van der Waals surface area (Å²) in [5, 5.41) is 10.6. The fraction of sp³-hybridized carbons (Fsp3) is 0.886. The third-order valence-electron chi connectivity index (χ3n) is 16.0. The molecular formula is C70H132O17P2. The van der Waals surface area contributed by atoms with Crippen molar-refractivity contribution >= 4 is 39.5 Å². The van der Waals surface area contributed by atoms with Gasteiger partial charge in [0.15, 0.2) is 12.2 Å². The molecule has 3 N–H and O–H groups in total. The van der Waals surface area contributed by atoms with Crippen LogP contribution >= 0.6 is 15.6 Å². The molecule has 6 atom stereocenters. The van der Waals surface area contributed by atoms with Crippen molar-refractivity contribution in [3.05, 3.63) is 24.3 Å². The summed E-state index contributed by atoms with van der Waals surface area (Å²) in [5.74, 6) is -1.39. The first kappa shape index (κ1) is 86.5. The van der Waals surface area contributed by atoms with E-state index in [0.717, 1.165) is 115 Å². The molecule has 0 fully saturated rings. The van der Waals surface area contributed by atoms with E-state index in [9.17, 15) is 43.2 Å². The van der Waals surface area contributed by atoms with Gasteiger partial charge >= 0.3 is 39.5 Å². The molecule has 89 heavy (non-hydrogen) atoms. The molecule has 0 saturated carbocycles. The summed E-state index contributed by atoms with van der Waals surface area (Å²) in [6.45, 7) is 7.15. The number of carbonyl (C=O) groups excluding carboxylic acids is 4. The van der Waals surface area contributed by atoms with Crippen molar-refractivity contribution in [3.8, 4) is 0 Å². The first-order valence-electron chi connectivity index (χ1n) is 36.0. The predicted molar refractivity (Wildman–Crippen MR) is 358 cm³/mol. The minimum Gasteiger partial charge on any atom is -0.462 e. The number of unbranched alkanes of at least 4 members (excludes halogenated alkanes) is 36. The van der Waals surface area contributed by atoms with Crippen LogP contribution < -0.4 is 0 Å². The normalized spacial score (nSPS) is 14.6. The Morgan fingerprint density at radius 2 is 0.629 bits per heavy atom. The van der Waals surface area contributed by atoms with E-state index in [-0.39, 0.29) is 25.7 Å². The Labute approximate surface area is 542 Å². The van der Waals surface area contributed by atoms with Gasteiger partial charge in [-0.3, -0.25) is 37.3 Å². The summed E-state index contributed by atoms with van der Waals surface area (Å²) < 4.78 is 68.2. The van der Waals surface area contributed by atoms with Crippen LogP contribution in [0.25, 0.3) is 0 Å². The largest absolute Gasteiger partial charge is 0.472 e. The average molecular weight is 1310 g/mol. The Hall–Kier alpha value is -2.46. The van der Waals surface area contributed by atoms with Crippen LogP contribution in [0.3, 0.4) is 0 Å². The molecule has 0 aliphatic heterocycles. The smallest absolute Gasteiger partial charge is 0.462 e. The number of ether oxygens (including phenoxy) is 4. The number of phosphoric acid groups is 2. The number of rotatable bonds is 68. The van der Waals surface area contributed by atoms with Gasteiger partial charge in [0.25, 0.3) is 0 Å². The molecule has 0 aliphatic carbocycles. The quantitative estimate of drug-likeness (QED) is 0.0169. The highest BCUT2D eigenvalue weighted by Crippen LogP contribution is 2.45. The first-order valence-corrected chi connectivity index (χ1v) is 39.0. The Balaban J connectivity index is 5.27. The maximum Gasteiger partial charge on any atom is 0.472 e. The van der Waals surface area contributed by atoms with Crippen LogP contribution in [-0.2, 0) is 65.4 Å². The van der Waals surface area contributed by atoms with Crippen LogP contribution in [-0.4, -0.2) is 96.7 Å². The van der Waals surface area contributed by atoms with Gasteiger partial charge in [-0.1, -0.05) is 284 Å². The van der Waals surface area contributed by atoms with Crippen LogP contribution in [0.15, 0.2) is 24.3 Å². The number of carbonyl (C=O) groups is 4. The zero-order valence-corrected chi connectivity index (χ0v) is 58.8.